The molecule has 7 heteroatoms. The van der Waals surface area contributed by atoms with Crippen molar-refractivity contribution in [2.75, 3.05) is 43.0 Å². The molecule has 0 aliphatic carbocycles. The van der Waals surface area contributed by atoms with Gasteiger partial charge in [0, 0.05) is 38.6 Å². The van der Waals surface area contributed by atoms with Crippen molar-refractivity contribution < 1.29 is 4.74 Å². The van der Waals surface area contributed by atoms with E-state index in [-0.39, 0.29) is 6.17 Å². The van der Waals surface area contributed by atoms with Gasteiger partial charge in [0.15, 0.2) is 0 Å². The Bertz CT molecular complexity index is 758. The first kappa shape index (κ1) is 16.8. The number of piperazine rings is 1. The molecule has 0 saturated carbocycles. The van der Waals surface area contributed by atoms with Crippen LogP contribution in [0.15, 0.2) is 47.7 Å². The van der Waals surface area contributed by atoms with Gasteiger partial charge in [0.25, 0.3) is 0 Å². The molecule has 4 rings (SSSR count). The number of anilines is 2. The summed E-state index contributed by atoms with van der Waals surface area (Å²) in [6.45, 7) is 6.40. The molecular formula is C19H24N6O. The average molecular weight is 352 g/mol. The Labute approximate surface area is 153 Å². The van der Waals surface area contributed by atoms with E-state index in [1.807, 2.05) is 30.3 Å². The van der Waals surface area contributed by atoms with E-state index in [0.29, 0.717) is 6.61 Å². The summed E-state index contributed by atoms with van der Waals surface area (Å²) in [7, 11) is 0. The van der Waals surface area contributed by atoms with Crippen molar-refractivity contribution in [3.05, 3.63) is 42.7 Å². The summed E-state index contributed by atoms with van der Waals surface area (Å²) in [4.78, 5) is 18.3. The lowest BCUT2D eigenvalue weighted by Crippen LogP contribution is -2.50. The summed E-state index contributed by atoms with van der Waals surface area (Å²) in [5.74, 6) is 2.59. The van der Waals surface area contributed by atoms with E-state index in [2.05, 4.69) is 32.0 Å². The highest BCUT2D eigenvalue weighted by Gasteiger charge is 2.24. The van der Waals surface area contributed by atoms with Gasteiger partial charge in [-0.25, -0.2) is 15.0 Å². The van der Waals surface area contributed by atoms with E-state index >= 15 is 0 Å². The second-order valence-corrected chi connectivity index (χ2v) is 6.45. The van der Waals surface area contributed by atoms with Crippen LogP contribution in [0.1, 0.15) is 13.3 Å². The van der Waals surface area contributed by atoms with Crippen molar-refractivity contribution in [2.45, 2.75) is 19.5 Å². The Hall–Kier alpha value is -2.67. The molecule has 7 nitrogen and oxygen atoms in total. The molecule has 2 aliphatic rings. The molecule has 0 amide bonds. The number of benzene rings is 1. The van der Waals surface area contributed by atoms with Crippen LogP contribution in [0.4, 0.5) is 11.6 Å². The van der Waals surface area contributed by atoms with Gasteiger partial charge < -0.3 is 15.0 Å². The van der Waals surface area contributed by atoms with Crippen molar-refractivity contribution >= 4 is 17.5 Å². The zero-order valence-corrected chi connectivity index (χ0v) is 15.0. The third kappa shape index (κ3) is 3.62. The molecule has 26 heavy (non-hydrogen) atoms. The minimum Gasteiger partial charge on any atom is -0.484 e. The maximum absolute atomic E-state index is 5.81. The normalized spacial score (nSPS) is 20.2. The van der Waals surface area contributed by atoms with Crippen LogP contribution < -0.4 is 15.0 Å². The van der Waals surface area contributed by atoms with Crippen molar-refractivity contribution in [1.29, 1.82) is 0 Å². The van der Waals surface area contributed by atoms with Gasteiger partial charge in [-0.1, -0.05) is 19.1 Å². The number of aromatic nitrogens is 2. The molecular weight excluding hydrogens is 328 g/mol. The lowest BCUT2D eigenvalue weighted by atomic mass is 10.2. The second-order valence-electron chi connectivity index (χ2n) is 6.45. The first-order chi connectivity index (χ1) is 12.8. The van der Waals surface area contributed by atoms with Crippen LogP contribution in [0, 0.1) is 0 Å². The number of nitrogens with zero attached hydrogens (tertiary/aromatic N) is 5. The summed E-state index contributed by atoms with van der Waals surface area (Å²) >= 11 is 0. The van der Waals surface area contributed by atoms with E-state index in [0.717, 1.165) is 55.8 Å². The molecule has 3 heterocycles. The smallest absolute Gasteiger partial charge is 0.225 e. The van der Waals surface area contributed by atoms with Gasteiger partial charge >= 0.3 is 0 Å². The lowest BCUT2D eigenvalue weighted by Gasteiger charge is -2.37. The van der Waals surface area contributed by atoms with Crippen LogP contribution in [0.25, 0.3) is 0 Å². The standard InChI is InChI=1S/C19H24N6O/c1-2-18(23-17-14-26-16-7-4-3-6-15(16)22-17)24-10-12-25(13-11-24)19-20-8-5-9-21-19/h3-9,18H,2,10-14H2,1H3,(H,22,23). The molecule has 1 N–H and O–H groups in total. The molecule has 1 aromatic heterocycles. The maximum atomic E-state index is 5.81. The number of rotatable bonds is 4. The molecule has 2 aromatic rings. The topological polar surface area (TPSA) is 65.9 Å². The van der Waals surface area contributed by atoms with Crippen molar-refractivity contribution in [3.63, 3.8) is 0 Å². The third-order valence-electron chi connectivity index (χ3n) is 4.77. The minimum absolute atomic E-state index is 0.158. The molecule has 136 valence electrons. The van der Waals surface area contributed by atoms with Crippen molar-refractivity contribution in [1.82, 2.24) is 14.9 Å². The fraction of sp³-hybridized carbons (Fsp3) is 0.421. The van der Waals surface area contributed by atoms with E-state index in [4.69, 9.17) is 9.73 Å². The highest BCUT2D eigenvalue weighted by molar-refractivity contribution is 5.99. The largest absolute Gasteiger partial charge is 0.484 e. The fourth-order valence-electron chi connectivity index (χ4n) is 3.39. The fourth-order valence-corrected chi connectivity index (χ4v) is 3.39. The molecule has 2 aliphatic heterocycles. The summed E-state index contributed by atoms with van der Waals surface area (Å²) < 4.78 is 5.81. The van der Waals surface area contributed by atoms with Crippen LogP contribution in [0.2, 0.25) is 0 Å². The highest BCUT2D eigenvalue weighted by atomic mass is 16.5. The van der Waals surface area contributed by atoms with Crippen LogP contribution in [-0.4, -0.2) is 59.7 Å². The number of amidine groups is 1. The maximum Gasteiger partial charge on any atom is 0.225 e. The first-order valence-electron chi connectivity index (χ1n) is 9.15. The van der Waals surface area contributed by atoms with E-state index in [1.54, 1.807) is 12.4 Å². The Morgan fingerprint density at radius 2 is 1.88 bits per heavy atom. The Balaban J connectivity index is 1.39. The van der Waals surface area contributed by atoms with Gasteiger partial charge in [-0.15, -0.1) is 0 Å². The Kier molecular flexibility index (Phi) is 4.97. The predicted octanol–water partition coefficient (Wildman–Crippen LogP) is 2.24. The number of hydrogen-bond donors (Lipinski definition) is 1. The highest BCUT2D eigenvalue weighted by Crippen LogP contribution is 2.27. The third-order valence-corrected chi connectivity index (χ3v) is 4.77. The monoisotopic (exact) mass is 352 g/mol. The van der Waals surface area contributed by atoms with Crippen LogP contribution >= 0.6 is 0 Å². The SMILES string of the molecule is CCC(/N=C1/COc2ccccc2N1)N1CCN(c2ncccn2)CC1. The number of aliphatic imine (C=N–C) groups is 1. The van der Waals surface area contributed by atoms with Crippen molar-refractivity contribution in [2.24, 2.45) is 4.99 Å². The quantitative estimate of drug-likeness (QED) is 0.910. The van der Waals surface area contributed by atoms with Crippen LogP contribution in [-0.2, 0) is 0 Å². The zero-order valence-electron chi connectivity index (χ0n) is 15.0. The number of para-hydroxylation sites is 2. The molecule has 1 fully saturated rings. The second kappa shape index (κ2) is 7.70. The predicted molar refractivity (Wildman–Crippen MR) is 103 cm³/mol. The van der Waals surface area contributed by atoms with E-state index in [1.165, 1.54) is 0 Å². The molecule has 0 radical (unpaired) electrons. The van der Waals surface area contributed by atoms with Gasteiger partial charge in [-0.05, 0) is 24.6 Å². The molecule has 1 saturated heterocycles. The molecule has 0 spiro atoms. The molecule has 0 bridgehead atoms. The van der Waals surface area contributed by atoms with E-state index in [9.17, 15) is 0 Å². The Morgan fingerprint density at radius 3 is 2.65 bits per heavy atom. The zero-order chi connectivity index (χ0) is 17.8. The summed E-state index contributed by atoms with van der Waals surface area (Å²) in [5, 5.41) is 3.40. The lowest BCUT2D eigenvalue weighted by molar-refractivity contribution is 0.184. The van der Waals surface area contributed by atoms with E-state index < -0.39 is 0 Å². The van der Waals surface area contributed by atoms with Gasteiger partial charge in [0.1, 0.15) is 24.4 Å². The van der Waals surface area contributed by atoms with Crippen molar-refractivity contribution in [3.8, 4) is 5.75 Å². The average Bonchev–Trinajstić information content (AvgIpc) is 2.73. The minimum atomic E-state index is 0.158. The number of ether oxygens (including phenoxy) is 1. The van der Waals surface area contributed by atoms with Gasteiger partial charge in [-0.3, -0.25) is 4.90 Å². The number of nitrogens with one attached hydrogen (secondary N) is 1. The molecule has 1 unspecified atom stereocenters. The van der Waals surface area contributed by atoms with Gasteiger partial charge in [0.05, 0.1) is 5.69 Å². The summed E-state index contributed by atoms with van der Waals surface area (Å²) in [6, 6.07) is 9.82. The molecule has 1 aromatic carbocycles. The first-order valence-corrected chi connectivity index (χ1v) is 9.15. The summed E-state index contributed by atoms with van der Waals surface area (Å²) in [6.07, 6.45) is 4.71. The molecule has 1 atom stereocenters. The van der Waals surface area contributed by atoms with Gasteiger partial charge in [0.2, 0.25) is 5.95 Å². The number of hydrogen-bond acceptors (Lipinski definition) is 6. The van der Waals surface area contributed by atoms with Crippen LogP contribution in [0.5, 0.6) is 5.75 Å². The van der Waals surface area contributed by atoms with Gasteiger partial charge in [-0.2, -0.15) is 0 Å². The Morgan fingerprint density at radius 1 is 1.12 bits per heavy atom. The van der Waals surface area contributed by atoms with Crippen LogP contribution in [0.3, 0.4) is 0 Å². The number of fused-ring (bicyclic) bond motifs is 1. The summed E-state index contributed by atoms with van der Waals surface area (Å²) in [5.41, 5.74) is 0.985.